The molecule has 2 heterocycles. The highest BCUT2D eigenvalue weighted by molar-refractivity contribution is 7.21. The van der Waals surface area contributed by atoms with Gasteiger partial charge in [0.25, 0.3) is 5.91 Å². The fourth-order valence-electron chi connectivity index (χ4n) is 1.84. The Morgan fingerprint density at radius 3 is 2.95 bits per heavy atom. The fourth-order valence-corrected chi connectivity index (χ4v) is 3.28. The quantitative estimate of drug-likeness (QED) is 0.752. The Hall–Kier alpha value is -1.92. The lowest BCUT2D eigenvalue weighted by Gasteiger charge is -1.98. The largest absolute Gasteiger partial charge is 0.304 e. The molecule has 0 aliphatic carbocycles. The van der Waals surface area contributed by atoms with Gasteiger partial charge in [-0.15, -0.1) is 11.3 Å². The predicted molar refractivity (Wildman–Crippen MR) is 78.1 cm³/mol. The van der Waals surface area contributed by atoms with Crippen LogP contribution in [0.4, 0.5) is 10.2 Å². The van der Waals surface area contributed by atoms with Crippen molar-refractivity contribution in [3.8, 4) is 0 Å². The lowest BCUT2D eigenvalue weighted by molar-refractivity contribution is 0.103. The van der Waals surface area contributed by atoms with E-state index in [1.54, 1.807) is 12.1 Å². The molecule has 0 fully saturated rings. The molecule has 2 N–H and O–H groups in total. The number of aryl methyl sites for hydroxylation is 1. The molecule has 2 aromatic heterocycles. The lowest BCUT2D eigenvalue weighted by Crippen LogP contribution is -2.10. The minimum Gasteiger partial charge on any atom is -0.304 e. The zero-order chi connectivity index (χ0) is 14.3. The van der Waals surface area contributed by atoms with Gasteiger partial charge >= 0.3 is 0 Å². The van der Waals surface area contributed by atoms with Crippen LogP contribution in [0.15, 0.2) is 24.3 Å². The molecule has 1 aromatic carbocycles. The van der Waals surface area contributed by atoms with Crippen molar-refractivity contribution in [2.75, 3.05) is 5.32 Å². The number of carbonyl (C=O) groups excluding carboxylic acids is 1. The van der Waals surface area contributed by atoms with E-state index in [1.807, 2.05) is 6.92 Å². The maximum Gasteiger partial charge on any atom is 0.268 e. The third-order valence-corrected chi connectivity index (χ3v) is 4.40. The number of fused-ring (bicyclic) bond motifs is 1. The molecular formula is C13H9ClFN3OS. The number of nitrogens with one attached hydrogen (secondary N) is 2. The van der Waals surface area contributed by atoms with Crippen molar-refractivity contribution in [3.63, 3.8) is 0 Å². The molecule has 102 valence electrons. The van der Waals surface area contributed by atoms with E-state index in [2.05, 4.69) is 15.5 Å². The van der Waals surface area contributed by atoms with Gasteiger partial charge in [-0.2, -0.15) is 5.10 Å². The van der Waals surface area contributed by atoms with Crippen molar-refractivity contribution < 1.29 is 9.18 Å². The summed E-state index contributed by atoms with van der Waals surface area (Å²) < 4.78 is 13.8. The number of benzene rings is 1. The van der Waals surface area contributed by atoms with Gasteiger partial charge in [0, 0.05) is 21.8 Å². The molecule has 0 unspecified atom stereocenters. The second kappa shape index (κ2) is 4.88. The minimum absolute atomic E-state index is 0.328. The van der Waals surface area contributed by atoms with Crippen LogP contribution in [0.1, 0.15) is 15.4 Å². The van der Waals surface area contributed by atoms with Crippen molar-refractivity contribution in [2.45, 2.75) is 6.92 Å². The SMILES string of the molecule is Cc1cc(NC(=O)c2sc3cc(F)ccc3c2Cl)n[nH]1. The summed E-state index contributed by atoms with van der Waals surface area (Å²) in [5, 5.41) is 10.3. The Kier molecular flexibility index (Phi) is 3.19. The Balaban J connectivity index is 1.97. The number of aromatic nitrogens is 2. The van der Waals surface area contributed by atoms with Crippen molar-refractivity contribution in [1.82, 2.24) is 10.2 Å². The molecule has 0 aliphatic heterocycles. The summed E-state index contributed by atoms with van der Waals surface area (Å²) in [5.41, 5.74) is 0.838. The first kappa shape index (κ1) is 13.1. The van der Waals surface area contributed by atoms with Crippen LogP contribution in [0, 0.1) is 12.7 Å². The zero-order valence-corrected chi connectivity index (χ0v) is 11.9. The number of anilines is 1. The molecule has 0 radical (unpaired) electrons. The number of halogens is 2. The first-order chi connectivity index (χ1) is 9.54. The Morgan fingerprint density at radius 1 is 1.45 bits per heavy atom. The van der Waals surface area contributed by atoms with Crippen LogP contribution < -0.4 is 5.32 Å². The average molecular weight is 310 g/mol. The van der Waals surface area contributed by atoms with Gasteiger partial charge in [-0.05, 0) is 25.1 Å². The average Bonchev–Trinajstić information content (AvgIpc) is 2.94. The van der Waals surface area contributed by atoms with Crippen LogP contribution in [-0.2, 0) is 0 Å². The van der Waals surface area contributed by atoms with Gasteiger partial charge in [-0.1, -0.05) is 11.6 Å². The molecule has 0 aliphatic rings. The molecule has 0 bridgehead atoms. The smallest absolute Gasteiger partial charge is 0.268 e. The molecule has 0 spiro atoms. The van der Waals surface area contributed by atoms with Crippen LogP contribution in [0.3, 0.4) is 0 Å². The van der Waals surface area contributed by atoms with Crippen LogP contribution in [-0.4, -0.2) is 16.1 Å². The number of H-pyrrole nitrogens is 1. The Morgan fingerprint density at radius 2 is 2.25 bits per heavy atom. The molecule has 0 atom stereocenters. The summed E-state index contributed by atoms with van der Waals surface area (Å²) in [6, 6.07) is 5.96. The van der Waals surface area contributed by atoms with E-state index in [4.69, 9.17) is 11.6 Å². The predicted octanol–water partition coefficient (Wildman–Crippen LogP) is 3.98. The molecular weight excluding hydrogens is 301 g/mol. The number of aromatic amines is 1. The summed E-state index contributed by atoms with van der Waals surface area (Å²) in [7, 11) is 0. The normalized spacial score (nSPS) is 10.9. The van der Waals surface area contributed by atoms with Gasteiger partial charge in [-0.3, -0.25) is 9.89 Å². The van der Waals surface area contributed by atoms with Crippen LogP contribution in [0.2, 0.25) is 5.02 Å². The molecule has 4 nitrogen and oxygen atoms in total. The van der Waals surface area contributed by atoms with E-state index in [-0.39, 0.29) is 11.7 Å². The van der Waals surface area contributed by atoms with E-state index in [0.29, 0.717) is 25.8 Å². The van der Waals surface area contributed by atoms with E-state index < -0.39 is 0 Å². The number of thiophene rings is 1. The molecule has 7 heteroatoms. The Bertz CT molecular complexity index is 811. The summed E-state index contributed by atoms with van der Waals surface area (Å²) in [4.78, 5) is 12.5. The van der Waals surface area contributed by atoms with Crippen molar-refractivity contribution in [3.05, 3.63) is 45.7 Å². The summed E-state index contributed by atoms with van der Waals surface area (Å²) >= 11 is 7.32. The van der Waals surface area contributed by atoms with Crippen LogP contribution in [0.25, 0.3) is 10.1 Å². The van der Waals surface area contributed by atoms with Gasteiger partial charge < -0.3 is 5.32 Å². The number of hydrogen-bond acceptors (Lipinski definition) is 3. The lowest BCUT2D eigenvalue weighted by atomic mass is 10.2. The van der Waals surface area contributed by atoms with Gasteiger partial charge in [0.1, 0.15) is 10.7 Å². The van der Waals surface area contributed by atoms with Crippen LogP contribution in [0.5, 0.6) is 0 Å². The molecule has 20 heavy (non-hydrogen) atoms. The number of amides is 1. The second-order valence-electron chi connectivity index (χ2n) is 4.28. The third kappa shape index (κ3) is 2.28. The maximum absolute atomic E-state index is 13.2. The highest BCUT2D eigenvalue weighted by atomic mass is 35.5. The summed E-state index contributed by atoms with van der Waals surface area (Å²) in [6.45, 7) is 1.83. The van der Waals surface area contributed by atoms with Crippen molar-refractivity contribution >= 4 is 44.7 Å². The molecule has 0 saturated carbocycles. The maximum atomic E-state index is 13.2. The highest BCUT2D eigenvalue weighted by Gasteiger charge is 2.18. The van der Waals surface area contributed by atoms with E-state index >= 15 is 0 Å². The monoisotopic (exact) mass is 309 g/mol. The minimum atomic E-state index is -0.358. The third-order valence-electron chi connectivity index (χ3n) is 2.75. The highest BCUT2D eigenvalue weighted by Crippen LogP contribution is 2.36. The van der Waals surface area contributed by atoms with E-state index in [1.165, 1.54) is 12.1 Å². The second-order valence-corrected chi connectivity index (χ2v) is 5.71. The van der Waals surface area contributed by atoms with Gasteiger partial charge in [0.15, 0.2) is 5.82 Å². The van der Waals surface area contributed by atoms with Gasteiger partial charge in [-0.25, -0.2) is 4.39 Å². The first-order valence-electron chi connectivity index (χ1n) is 5.75. The molecule has 3 rings (SSSR count). The number of carbonyl (C=O) groups is 1. The molecule has 1 amide bonds. The zero-order valence-electron chi connectivity index (χ0n) is 10.3. The van der Waals surface area contributed by atoms with E-state index in [0.717, 1.165) is 17.0 Å². The topological polar surface area (TPSA) is 57.8 Å². The number of nitrogens with zero attached hydrogens (tertiary/aromatic N) is 1. The first-order valence-corrected chi connectivity index (χ1v) is 6.95. The van der Waals surface area contributed by atoms with Crippen molar-refractivity contribution in [2.24, 2.45) is 0 Å². The number of hydrogen-bond donors (Lipinski definition) is 2. The Labute approximate surface area is 122 Å². The molecule has 3 aromatic rings. The van der Waals surface area contributed by atoms with Crippen LogP contribution >= 0.6 is 22.9 Å². The van der Waals surface area contributed by atoms with Gasteiger partial charge in [0.2, 0.25) is 0 Å². The fraction of sp³-hybridized carbons (Fsp3) is 0.0769. The standard InChI is InChI=1S/C13H9ClFN3OS/c1-6-4-10(18-17-6)16-13(19)12-11(14)8-3-2-7(15)5-9(8)20-12/h2-5H,1H3,(H2,16,17,18,19). The van der Waals surface area contributed by atoms with Crippen molar-refractivity contribution in [1.29, 1.82) is 0 Å². The van der Waals surface area contributed by atoms with E-state index in [9.17, 15) is 9.18 Å². The van der Waals surface area contributed by atoms with Gasteiger partial charge in [0.05, 0.1) is 5.02 Å². The molecule has 0 saturated heterocycles. The number of rotatable bonds is 2. The summed E-state index contributed by atoms with van der Waals surface area (Å²) in [5.74, 6) is -0.291. The summed E-state index contributed by atoms with van der Waals surface area (Å²) in [6.07, 6.45) is 0.